The molecule has 0 aromatic heterocycles. The van der Waals surface area contributed by atoms with Crippen LogP contribution in [-0.4, -0.2) is 46.7 Å². The largest absolute Gasteiger partial charge is 0.478 e. The summed E-state index contributed by atoms with van der Waals surface area (Å²) in [5.41, 5.74) is -0.893. The summed E-state index contributed by atoms with van der Waals surface area (Å²) in [6, 6.07) is 10.5. The van der Waals surface area contributed by atoms with Crippen molar-refractivity contribution in [2.45, 2.75) is 24.6 Å². The van der Waals surface area contributed by atoms with Crippen molar-refractivity contribution in [3.8, 4) is 22.6 Å². The second-order valence-electron chi connectivity index (χ2n) is 9.07. The molecule has 2 unspecified atom stereocenters. The monoisotopic (exact) mass is 776 g/mol. The van der Waals surface area contributed by atoms with Crippen molar-refractivity contribution in [3.63, 3.8) is 0 Å². The van der Waals surface area contributed by atoms with E-state index in [1.807, 2.05) is 0 Å². The number of carboxylic acids is 2. The minimum absolute atomic E-state index is 0.0164. The Bertz CT molecular complexity index is 1700. The Hall–Kier alpha value is -3.50. The number of alkyl halides is 6. The van der Waals surface area contributed by atoms with Crippen LogP contribution in [0.3, 0.4) is 0 Å². The van der Waals surface area contributed by atoms with Gasteiger partial charge in [-0.1, -0.05) is 35.3 Å². The summed E-state index contributed by atoms with van der Waals surface area (Å²) in [4.78, 5) is 22.1. The highest BCUT2D eigenvalue weighted by Gasteiger charge is 2.50. The lowest BCUT2D eigenvalue weighted by Crippen LogP contribution is -2.40. The number of carbonyl (C=O) groups is 2. The molecule has 3 aromatic carbocycles. The molecular weight excluding hydrogens is 763 g/mol. The maximum Gasteiger partial charge on any atom is 0.430 e. The van der Waals surface area contributed by atoms with E-state index < -0.39 is 53.5 Å². The average Bonchev–Trinajstić information content (AvgIpc) is 2.90. The quantitative estimate of drug-likeness (QED) is 0.204. The van der Waals surface area contributed by atoms with Crippen molar-refractivity contribution in [2.24, 2.45) is 0 Å². The number of halogens is 10. The van der Waals surface area contributed by atoms with Crippen LogP contribution in [0.25, 0.3) is 23.3 Å². The summed E-state index contributed by atoms with van der Waals surface area (Å²) in [6.45, 7) is 0. The number of fused-ring (bicyclic) bond motifs is 2. The third kappa shape index (κ3) is 7.24. The first-order valence-electron chi connectivity index (χ1n) is 11.8. The van der Waals surface area contributed by atoms with Crippen LogP contribution < -0.4 is 9.47 Å². The summed E-state index contributed by atoms with van der Waals surface area (Å²) in [6.07, 6.45) is -13.0. The van der Waals surface area contributed by atoms with Crippen LogP contribution >= 0.6 is 45.8 Å². The molecule has 2 heterocycles. The highest BCUT2D eigenvalue weighted by Crippen LogP contribution is 2.44. The van der Waals surface area contributed by atoms with Crippen LogP contribution in [-0.2, 0) is 9.59 Å². The third-order valence-electron chi connectivity index (χ3n) is 6.02. The Labute approximate surface area is 266 Å². The number of hydrogen-bond acceptors (Lipinski definition) is 4. The van der Waals surface area contributed by atoms with E-state index in [4.69, 9.17) is 42.9 Å². The SMILES string of the molecule is O=C(O)C1=Cc2cc(Cl)cc(-c3ccc(F)cc3)c2OC1C(F)(F)F.O=C(O)C1=Cc2cc(Cl)cc(I)c2OC1C(F)(F)F. The predicted molar refractivity (Wildman–Crippen MR) is 153 cm³/mol. The average molecular weight is 777 g/mol. The molecule has 0 saturated heterocycles. The van der Waals surface area contributed by atoms with Gasteiger partial charge in [0.05, 0.1) is 14.7 Å². The Kier molecular flexibility index (Phi) is 9.47. The van der Waals surface area contributed by atoms with Crippen LogP contribution in [0.2, 0.25) is 10.0 Å². The molecule has 0 saturated carbocycles. The van der Waals surface area contributed by atoms with Crippen LogP contribution in [0.15, 0.2) is 59.7 Å². The van der Waals surface area contributed by atoms with Gasteiger partial charge in [-0.2, -0.15) is 26.3 Å². The molecule has 44 heavy (non-hydrogen) atoms. The van der Waals surface area contributed by atoms with E-state index in [1.54, 1.807) is 22.6 Å². The smallest absolute Gasteiger partial charge is 0.430 e. The first kappa shape index (κ1) is 33.4. The standard InChI is InChI=1S/C17H9ClF4O3.C11H5ClF3IO3/c18-10-5-9-6-13(16(23)24)15(17(20,21)22)25-14(9)12(7-10)8-1-3-11(19)4-2-8;12-5-1-4-2-6(10(17)18)9(11(13,14)15)19-8(4)7(16)3-5/h1-7,15H,(H,23,24);1-3,9H,(H,17,18). The van der Waals surface area contributed by atoms with Crippen molar-refractivity contribution in [1.82, 2.24) is 0 Å². The van der Waals surface area contributed by atoms with Gasteiger partial charge in [-0.05, 0) is 76.7 Å². The topological polar surface area (TPSA) is 93.1 Å². The van der Waals surface area contributed by atoms with E-state index >= 15 is 0 Å². The molecule has 16 heteroatoms. The van der Waals surface area contributed by atoms with E-state index in [9.17, 15) is 40.3 Å². The molecule has 3 aromatic rings. The van der Waals surface area contributed by atoms with E-state index in [0.29, 0.717) is 9.13 Å². The molecule has 5 rings (SSSR count). The zero-order valence-corrected chi connectivity index (χ0v) is 24.9. The van der Waals surface area contributed by atoms with Gasteiger partial charge in [-0.15, -0.1) is 0 Å². The lowest BCUT2D eigenvalue weighted by molar-refractivity contribution is -0.187. The van der Waals surface area contributed by atoms with Crippen LogP contribution in [0.4, 0.5) is 30.7 Å². The highest BCUT2D eigenvalue weighted by atomic mass is 127. The fourth-order valence-electron chi connectivity index (χ4n) is 4.19. The zero-order valence-electron chi connectivity index (χ0n) is 21.2. The van der Waals surface area contributed by atoms with Crippen molar-refractivity contribution in [3.05, 3.63) is 90.2 Å². The first-order chi connectivity index (χ1) is 20.4. The molecule has 2 N–H and O–H groups in total. The number of aliphatic carboxylic acids is 2. The summed E-state index contributed by atoms with van der Waals surface area (Å²) < 4.78 is 101. The summed E-state index contributed by atoms with van der Waals surface area (Å²) in [7, 11) is 0. The van der Waals surface area contributed by atoms with Gasteiger partial charge in [0.2, 0.25) is 12.2 Å². The Morgan fingerprint density at radius 3 is 1.61 bits per heavy atom. The molecule has 2 aliphatic rings. The first-order valence-corrected chi connectivity index (χ1v) is 13.6. The van der Waals surface area contributed by atoms with Gasteiger partial charge >= 0.3 is 24.3 Å². The highest BCUT2D eigenvalue weighted by molar-refractivity contribution is 14.1. The fraction of sp³-hybridized carbons (Fsp3) is 0.143. The molecule has 2 aliphatic heterocycles. The number of carboxylic acid groups (broad SMARTS) is 2. The van der Waals surface area contributed by atoms with Crippen LogP contribution in [0.5, 0.6) is 11.5 Å². The number of benzene rings is 3. The Balaban J connectivity index is 0.000000209. The molecule has 0 spiro atoms. The Morgan fingerprint density at radius 1 is 0.727 bits per heavy atom. The van der Waals surface area contributed by atoms with Gasteiger partial charge in [-0.25, -0.2) is 14.0 Å². The third-order valence-corrected chi connectivity index (χ3v) is 7.26. The second kappa shape index (κ2) is 12.5. The van der Waals surface area contributed by atoms with Crippen molar-refractivity contribution >= 4 is 69.9 Å². The van der Waals surface area contributed by atoms with E-state index in [1.165, 1.54) is 36.4 Å². The molecule has 0 fully saturated rings. The molecule has 232 valence electrons. The van der Waals surface area contributed by atoms with E-state index in [0.717, 1.165) is 24.3 Å². The lowest BCUT2D eigenvalue weighted by Gasteiger charge is -2.28. The predicted octanol–water partition coefficient (Wildman–Crippen LogP) is 8.67. The molecule has 2 atom stereocenters. The van der Waals surface area contributed by atoms with Crippen LogP contribution in [0, 0.1) is 9.39 Å². The van der Waals surface area contributed by atoms with Gasteiger partial charge in [0.1, 0.15) is 17.3 Å². The lowest BCUT2D eigenvalue weighted by atomic mass is 9.96. The second-order valence-corrected chi connectivity index (χ2v) is 11.1. The molecule has 0 amide bonds. The summed E-state index contributed by atoms with van der Waals surface area (Å²) >= 11 is 13.5. The summed E-state index contributed by atoms with van der Waals surface area (Å²) in [5.74, 6) is -4.11. The van der Waals surface area contributed by atoms with Gasteiger partial charge in [0.15, 0.2) is 0 Å². The van der Waals surface area contributed by atoms with Gasteiger partial charge in [0.25, 0.3) is 0 Å². The van der Waals surface area contributed by atoms with Crippen molar-refractivity contribution < 1.29 is 60.0 Å². The minimum atomic E-state index is -4.92. The molecular formula is C28H14Cl2F7IO6. The number of rotatable bonds is 3. The molecule has 0 bridgehead atoms. The van der Waals surface area contributed by atoms with E-state index in [2.05, 4.69) is 0 Å². The maximum absolute atomic E-state index is 13.2. The van der Waals surface area contributed by atoms with Gasteiger partial charge < -0.3 is 19.7 Å². The zero-order chi connectivity index (χ0) is 32.7. The fourth-order valence-corrected chi connectivity index (χ4v) is 5.60. The van der Waals surface area contributed by atoms with Gasteiger partial charge in [-0.3, -0.25) is 0 Å². The van der Waals surface area contributed by atoms with Crippen molar-refractivity contribution in [1.29, 1.82) is 0 Å². The molecule has 0 radical (unpaired) electrons. The Morgan fingerprint density at radius 2 is 1.16 bits per heavy atom. The minimum Gasteiger partial charge on any atom is -0.478 e. The number of ether oxygens (including phenoxy) is 2. The maximum atomic E-state index is 13.2. The van der Waals surface area contributed by atoms with Crippen LogP contribution in [0.1, 0.15) is 11.1 Å². The number of hydrogen-bond donors (Lipinski definition) is 2. The molecule has 0 aliphatic carbocycles. The normalized spacial score (nSPS) is 17.4. The van der Waals surface area contributed by atoms with Crippen molar-refractivity contribution in [2.75, 3.05) is 0 Å². The molecule has 6 nitrogen and oxygen atoms in total. The van der Waals surface area contributed by atoms with Gasteiger partial charge in [0, 0.05) is 26.7 Å². The van der Waals surface area contributed by atoms with E-state index in [-0.39, 0.29) is 38.2 Å². The summed E-state index contributed by atoms with van der Waals surface area (Å²) in [5, 5.41) is 18.4.